The number of anilines is 1. The molecule has 23 heavy (non-hydrogen) atoms. The van der Waals surface area contributed by atoms with Gasteiger partial charge in [0.05, 0.1) is 6.54 Å². The summed E-state index contributed by atoms with van der Waals surface area (Å²) >= 11 is 0. The molecular formula is C16H24N6O. The highest BCUT2D eigenvalue weighted by Crippen LogP contribution is 2.12. The molecule has 3 heterocycles. The van der Waals surface area contributed by atoms with Crippen LogP contribution in [-0.4, -0.2) is 67.1 Å². The average molecular weight is 316 g/mol. The van der Waals surface area contributed by atoms with Crippen molar-refractivity contribution in [3.05, 3.63) is 24.4 Å². The molecule has 0 saturated carbocycles. The van der Waals surface area contributed by atoms with Gasteiger partial charge < -0.3 is 20.4 Å². The minimum Gasteiger partial charge on any atom is -0.356 e. The number of carbonyl (C=O) groups is 1. The van der Waals surface area contributed by atoms with Gasteiger partial charge in [-0.15, -0.1) is 0 Å². The molecule has 1 aromatic rings. The Balaban J connectivity index is 1.38. The highest BCUT2D eigenvalue weighted by atomic mass is 16.2. The normalized spacial score (nSPS) is 20.9. The first kappa shape index (κ1) is 15.6. The van der Waals surface area contributed by atoms with Gasteiger partial charge in [0.15, 0.2) is 5.96 Å². The fourth-order valence-corrected chi connectivity index (χ4v) is 2.83. The number of amides is 1. The van der Waals surface area contributed by atoms with Crippen molar-refractivity contribution in [2.24, 2.45) is 4.99 Å². The maximum Gasteiger partial charge on any atom is 0.224 e. The van der Waals surface area contributed by atoms with E-state index in [0.717, 1.165) is 44.5 Å². The van der Waals surface area contributed by atoms with Gasteiger partial charge in [-0.25, -0.2) is 4.98 Å². The van der Waals surface area contributed by atoms with E-state index in [1.165, 1.54) is 0 Å². The van der Waals surface area contributed by atoms with Gasteiger partial charge in [-0.05, 0) is 19.1 Å². The number of hydrogen-bond acceptors (Lipinski definition) is 6. The summed E-state index contributed by atoms with van der Waals surface area (Å²) in [5.74, 6) is 2.00. The third kappa shape index (κ3) is 4.12. The molecule has 2 aliphatic rings. The van der Waals surface area contributed by atoms with Crippen molar-refractivity contribution in [2.45, 2.75) is 19.4 Å². The Bertz CT molecular complexity index is 553. The van der Waals surface area contributed by atoms with Crippen LogP contribution in [0.15, 0.2) is 29.4 Å². The zero-order valence-corrected chi connectivity index (χ0v) is 13.5. The van der Waals surface area contributed by atoms with Crippen molar-refractivity contribution >= 4 is 17.7 Å². The van der Waals surface area contributed by atoms with Crippen LogP contribution in [0.2, 0.25) is 0 Å². The fourth-order valence-electron chi connectivity index (χ4n) is 2.83. The lowest BCUT2D eigenvalue weighted by Gasteiger charge is -2.35. The largest absolute Gasteiger partial charge is 0.356 e. The van der Waals surface area contributed by atoms with E-state index in [1.54, 1.807) is 6.20 Å². The summed E-state index contributed by atoms with van der Waals surface area (Å²) in [6.07, 6.45) is 2.30. The topological polar surface area (TPSA) is 72.9 Å². The molecule has 7 nitrogen and oxygen atoms in total. The first-order valence-corrected chi connectivity index (χ1v) is 8.21. The molecule has 0 aliphatic carbocycles. The highest BCUT2D eigenvalue weighted by Gasteiger charge is 2.21. The van der Waals surface area contributed by atoms with Crippen LogP contribution in [0.3, 0.4) is 0 Å². The van der Waals surface area contributed by atoms with E-state index in [1.807, 2.05) is 23.1 Å². The van der Waals surface area contributed by atoms with Crippen LogP contribution >= 0.6 is 0 Å². The number of nitrogens with one attached hydrogen (secondary N) is 2. The molecule has 1 fully saturated rings. The first-order valence-electron chi connectivity index (χ1n) is 8.21. The lowest BCUT2D eigenvalue weighted by molar-refractivity contribution is -0.131. The van der Waals surface area contributed by atoms with E-state index in [-0.39, 0.29) is 5.91 Å². The van der Waals surface area contributed by atoms with Crippen LogP contribution in [0.25, 0.3) is 0 Å². The Morgan fingerprint density at radius 2 is 2.17 bits per heavy atom. The van der Waals surface area contributed by atoms with Crippen LogP contribution in [0, 0.1) is 0 Å². The van der Waals surface area contributed by atoms with Gasteiger partial charge >= 0.3 is 0 Å². The van der Waals surface area contributed by atoms with E-state index in [4.69, 9.17) is 0 Å². The summed E-state index contributed by atoms with van der Waals surface area (Å²) in [7, 11) is 0. The Hall–Kier alpha value is -2.31. The number of aliphatic imine (C=N–C) groups is 1. The van der Waals surface area contributed by atoms with E-state index in [2.05, 4.69) is 32.4 Å². The zero-order chi connectivity index (χ0) is 16.1. The van der Waals surface area contributed by atoms with Gasteiger partial charge in [0.1, 0.15) is 5.82 Å². The second-order valence-corrected chi connectivity index (χ2v) is 5.97. The Morgan fingerprint density at radius 3 is 2.83 bits per heavy atom. The predicted octanol–water partition coefficient (Wildman–Crippen LogP) is 0.0576. The summed E-state index contributed by atoms with van der Waals surface area (Å²) in [5.41, 5.74) is 0. The fraction of sp³-hybridized carbons (Fsp3) is 0.562. The van der Waals surface area contributed by atoms with Gasteiger partial charge in [-0.1, -0.05) is 6.07 Å². The third-order valence-corrected chi connectivity index (χ3v) is 4.14. The molecule has 3 rings (SSSR count). The summed E-state index contributed by atoms with van der Waals surface area (Å²) in [6, 6.07) is 6.30. The number of hydrogen-bond donors (Lipinski definition) is 2. The second kappa shape index (κ2) is 7.30. The molecule has 1 atom stereocenters. The Kier molecular flexibility index (Phi) is 4.95. The van der Waals surface area contributed by atoms with Crippen LogP contribution in [-0.2, 0) is 4.79 Å². The standard InChI is InChI=1S/C16H24N6O/c1-13-12-19-16(20-13)18-7-5-15(23)22-10-8-21(9-11-22)14-4-2-3-6-17-14/h2-4,6,13H,5,7-12H2,1H3,(H2,18,19,20). The van der Waals surface area contributed by atoms with Gasteiger partial charge in [0, 0.05) is 51.4 Å². The molecule has 2 aliphatic heterocycles. The number of pyridine rings is 1. The van der Waals surface area contributed by atoms with E-state index < -0.39 is 0 Å². The van der Waals surface area contributed by atoms with E-state index in [9.17, 15) is 4.79 Å². The smallest absolute Gasteiger partial charge is 0.224 e. The molecular weight excluding hydrogens is 292 g/mol. The lowest BCUT2D eigenvalue weighted by Crippen LogP contribution is -2.49. The van der Waals surface area contributed by atoms with Crippen LogP contribution in [0.5, 0.6) is 0 Å². The molecule has 124 valence electrons. The molecule has 7 heteroatoms. The number of aromatic nitrogens is 1. The van der Waals surface area contributed by atoms with Gasteiger partial charge in [0.2, 0.25) is 5.91 Å². The SMILES string of the molecule is CC1CN=C(NCCC(=O)N2CCN(c3ccccn3)CC2)N1. The predicted molar refractivity (Wildman–Crippen MR) is 90.5 cm³/mol. The maximum atomic E-state index is 12.3. The van der Waals surface area contributed by atoms with Crippen molar-refractivity contribution in [1.82, 2.24) is 20.5 Å². The second-order valence-electron chi connectivity index (χ2n) is 5.97. The van der Waals surface area contributed by atoms with Crippen molar-refractivity contribution in [2.75, 3.05) is 44.2 Å². The zero-order valence-electron chi connectivity index (χ0n) is 13.5. The summed E-state index contributed by atoms with van der Waals surface area (Å²) in [5, 5.41) is 6.42. The van der Waals surface area contributed by atoms with Crippen molar-refractivity contribution < 1.29 is 4.79 Å². The first-order chi connectivity index (χ1) is 11.2. The Labute approximate surface area is 136 Å². The molecule has 2 N–H and O–H groups in total. The molecule has 1 amide bonds. The number of rotatable bonds is 4. The number of piperazine rings is 1. The third-order valence-electron chi connectivity index (χ3n) is 4.14. The molecule has 0 bridgehead atoms. The summed E-state index contributed by atoms with van der Waals surface area (Å²) in [6.45, 7) is 6.69. The van der Waals surface area contributed by atoms with Crippen molar-refractivity contribution in [3.63, 3.8) is 0 Å². The molecule has 1 unspecified atom stereocenters. The number of guanidine groups is 1. The summed E-state index contributed by atoms with van der Waals surface area (Å²) < 4.78 is 0. The van der Waals surface area contributed by atoms with Gasteiger partial charge in [0.25, 0.3) is 0 Å². The van der Waals surface area contributed by atoms with Crippen LogP contribution < -0.4 is 15.5 Å². The van der Waals surface area contributed by atoms with E-state index >= 15 is 0 Å². The highest BCUT2D eigenvalue weighted by molar-refractivity contribution is 5.82. The number of carbonyl (C=O) groups excluding carboxylic acids is 1. The monoisotopic (exact) mass is 316 g/mol. The Morgan fingerprint density at radius 1 is 1.35 bits per heavy atom. The quantitative estimate of drug-likeness (QED) is 0.822. The molecule has 1 aromatic heterocycles. The molecule has 1 saturated heterocycles. The minimum absolute atomic E-state index is 0.199. The average Bonchev–Trinajstić information content (AvgIpc) is 3.01. The molecule has 0 aromatic carbocycles. The van der Waals surface area contributed by atoms with Gasteiger partial charge in [-0.3, -0.25) is 9.79 Å². The maximum absolute atomic E-state index is 12.3. The summed E-state index contributed by atoms with van der Waals surface area (Å²) in [4.78, 5) is 25.1. The van der Waals surface area contributed by atoms with Gasteiger partial charge in [-0.2, -0.15) is 0 Å². The number of nitrogens with zero attached hydrogens (tertiary/aromatic N) is 4. The molecule has 0 spiro atoms. The minimum atomic E-state index is 0.199. The van der Waals surface area contributed by atoms with E-state index in [0.29, 0.717) is 19.0 Å². The molecule has 0 radical (unpaired) electrons. The van der Waals surface area contributed by atoms with Crippen molar-refractivity contribution in [1.29, 1.82) is 0 Å². The lowest BCUT2D eigenvalue weighted by atomic mass is 10.2. The van der Waals surface area contributed by atoms with Crippen LogP contribution in [0.4, 0.5) is 5.82 Å². The van der Waals surface area contributed by atoms with Crippen molar-refractivity contribution in [3.8, 4) is 0 Å². The van der Waals surface area contributed by atoms with Crippen LogP contribution in [0.1, 0.15) is 13.3 Å².